The number of ketones is 1. The molecule has 0 saturated heterocycles. The number of carbonyl (C=O) groups excluding carboxylic acids is 1. The molecule has 35 heavy (non-hydrogen) atoms. The number of nitrogens with zero attached hydrogens (tertiary/aromatic N) is 1. The Morgan fingerprint density at radius 3 is 2.03 bits per heavy atom. The van der Waals surface area contributed by atoms with Gasteiger partial charge in [0, 0.05) is 59.7 Å². The fourth-order valence-corrected chi connectivity index (χ4v) is 2.91. The molecule has 3 aromatic rings. The van der Waals surface area contributed by atoms with Crippen LogP contribution in [0.25, 0.3) is 22.0 Å². The minimum Gasteiger partial charge on any atom is -0.512 e. The molecule has 0 unspecified atom stereocenters. The molecule has 0 aliphatic heterocycles. The van der Waals surface area contributed by atoms with Gasteiger partial charge in [0.2, 0.25) is 0 Å². The number of aromatic nitrogens is 1. The van der Waals surface area contributed by atoms with Crippen LogP contribution < -0.4 is 0 Å². The zero-order valence-corrected chi connectivity index (χ0v) is 24.6. The number of carbonyl (C=O) groups is 1. The van der Waals surface area contributed by atoms with Crippen LogP contribution in [0.2, 0.25) is 0 Å². The van der Waals surface area contributed by atoms with Gasteiger partial charge in [0.05, 0.1) is 0 Å². The standard InChI is InChI=1S/C19H17FN.C11H20O2.Ir/c1-19(2,3)15-10-8-13(9-11-15)18-17(20)16-7-5-4-6-14(16)12-21-18;1-10(2,3)8(12)7-9(13)11(4,5)6;/h4-8,10-12H,1-3H3;7,12H,1-6H3;/q-1;;/b;8-7-;. The van der Waals surface area contributed by atoms with Gasteiger partial charge < -0.3 is 10.1 Å². The van der Waals surface area contributed by atoms with Crippen molar-refractivity contribution < 1.29 is 34.4 Å². The molecule has 0 amide bonds. The summed E-state index contributed by atoms with van der Waals surface area (Å²) in [5, 5.41) is 11.0. The van der Waals surface area contributed by atoms with Gasteiger partial charge in [0.15, 0.2) is 5.78 Å². The third-order valence-corrected chi connectivity index (χ3v) is 5.45. The van der Waals surface area contributed by atoms with Crippen LogP contribution >= 0.6 is 0 Å². The number of aliphatic hydroxyl groups excluding tert-OH is 1. The van der Waals surface area contributed by atoms with E-state index >= 15 is 0 Å². The van der Waals surface area contributed by atoms with Gasteiger partial charge in [-0.15, -0.1) is 35.4 Å². The maximum atomic E-state index is 14.6. The topological polar surface area (TPSA) is 50.2 Å². The summed E-state index contributed by atoms with van der Waals surface area (Å²) in [4.78, 5) is 15.7. The van der Waals surface area contributed by atoms with E-state index in [1.807, 2.05) is 77.9 Å². The predicted molar refractivity (Wildman–Crippen MR) is 139 cm³/mol. The molecule has 1 aromatic heterocycles. The van der Waals surface area contributed by atoms with E-state index in [9.17, 15) is 14.3 Å². The molecular formula is C30H37FIrNO2-. The van der Waals surface area contributed by atoms with E-state index in [1.54, 1.807) is 12.3 Å². The predicted octanol–water partition coefficient (Wildman–Crippen LogP) is 8.23. The summed E-state index contributed by atoms with van der Waals surface area (Å²) in [5.41, 5.74) is 1.51. The van der Waals surface area contributed by atoms with Crippen molar-refractivity contribution in [3.63, 3.8) is 0 Å². The number of hydrogen-bond donors (Lipinski definition) is 1. The first-order valence-corrected chi connectivity index (χ1v) is 11.5. The zero-order valence-electron chi connectivity index (χ0n) is 22.2. The number of aliphatic hydroxyl groups is 1. The maximum Gasteiger partial charge on any atom is 0.164 e. The molecule has 2 aromatic carbocycles. The van der Waals surface area contributed by atoms with Crippen LogP contribution in [-0.4, -0.2) is 15.9 Å². The smallest absolute Gasteiger partial charge is 0.164 e. The molecule has 1 heterocycles. The van der Waals surface area contributed by atoms with Crippen molar-refractivity contribution >= 4 is 16.6 Å². The van der Waals surface area contributed by atoms with Gasteiger partial charge in [-0.25, -0.2) is 4.39 Å². The van der Waals surface area contributed by atoms with E-state index in [2.05, 4.69) is 31.8 Å². The van der Waals surface area contributed by atoms with E-state index in [4.69, 9.17) is 0 Å². The molecule has 0 fully saturated rings. The molecule has 0 atom stereocenters. The van der Waals surface area contributed by atoms with E-state index in [0.717, 1.165) is 5.39 Å². The molecule has 1 N–H and O–H groups in total. The molecule has 0 aliphatic carbocycles. The summed E-state index contributed by atoms with van der Waals surface area (Å²) in [6.07, 6.45) is 3.04. The van der Waals surface area contributed by atoms with Crippen LogP contribution in [0.3, 0.4) is 0 Å². The molecule has 0 spiro atoms. The number of rotatable bonds is 2. The number of fused-ring (bicyclic) bond motifs is 1. The molecule has 191 valence electrons. The van der Waals surface area contributed by atoms with Crippen molar-refractivity contribution in [3.8, 4) is 11.3 Å². The van der Waals surface area contributed by atoms with E-state index in [-0.39, 0.29) is 48.3 Å². The van der Waals surface area contributed by atoms with E-state index in [0.29, 0.717) is 16.6 Å². The normalized spacial score (nSPS) is 12.5. The van der Waals surface area contributed by atoms with Crippen LogP contribution in [0.4, 0.5) is 4.39 Å². The Morgan fingerprint density at radius 1 is 0.943 bits per heavy atom. The summed E-state index contributed by atoms with van der Waals surface area (Å²) >= 11 is 0. The first kappa shape index (κ1) is 30.7. The molecule has 0 saturated carbocycles. The van der Waals surface area contributed by atoms with Crippen LogP contribution in [0.15, 0.2) is 60.5 Å². The summed E-state index contributed by atoms with van der Waals surface area (Å²) in [6, 6.07) is 16.3. The average Bonchev–Trinajstić information content (AvgIpc) is 2.73. The Balaban J connectivity index is 0.000000383. The fourth-order valence-electron chi connectivity index (χ4n) is 2.91. The number of allylic oxidation sites excluding steroid dienone is 2. The minimum atomic E-state index is -0.417. The largest absolute Gasteiger partial charge is 0.512 e. The molecule has 3 nitrogen and oxygen atoms in total. The second-order valence-electron chi connectivity index (χ2n) is 11.6. The summed E-state index contributed by atoms with van der Waals surface area (Å²) in [5.74, 6) is -0.180. The van der Waals surface area contributed by atoms with Gasteiger partial charge in [-0.1, -0.05) is 86.6 Å². The second-order valence-corrected chi connectivity index (χ2v) is 11.6. The Bertz CT molecular complexity index is 1180. The molecule has 0 aliphatic rings. The van der Waals surface area contributed by atoms with Crippen LogP contribution in [0.5, 0.6) is 0 Å². The number of benzene rings is 2. The van der Waals surface area contributed by atoms with Crippen LogP contribution in [-0.2, 0) is 30.3 Å². The van der Waals surface area contributed by atoms with Crippen molar-refractivity contribution in [3.05, 3.63) is 77.9 Å². The van der Waals surface area contributed by atoms with Crippen molar-refractivity contribution in [1.29, 1.82) is 0 Å². The van der Waals surface area contributed by atoms with Crippen molar-refractivity contribution in [1.82, 2.24) is 4.98 Å². The third-order valence-electron chi connectivity index (χ3n) is 5.45. The third kappa shape index (κ3) is 8.37. The Morgan fingerprint density at radius 2 is 1.54 bits per heavy atom. The first-order valence-electron chi connectivity index (χ1n) is 11.5. The van der Waals surface area contributed by atoms with E-state index < -0.39 is 5.41 Å². The number of pyridine rings is 1. The first-order chi connectivity index (χ1) is 15.5. The Kier molecular flexibility index (Phi) is 10.1. The fraction of sp³-hybridized carbons (Fsp3) is 0.400. The van der Waals surface area contributed by atoms with Gasteiger partial charge in [-0.3, -0.25) is 4.79 Å². The Hall–Kier alpha value is -2.36. The Labute approximate surface area is 223 Å². The SMILES string of the molecule is CC(C)(C)C(=O)/C=C(\O)C(C)(C)C.CC(C)(C)c1c[c-]c(-c2ncc3ccccc3c2F)cc1.[Ir]. The zero-order chi connectivity index (χ0) is 25.9. The molecule has 0 bridgehead atoms. The van der Waals surface area contributed by atoms with Gasteiger partial charge in [0.1, 0.15) is 11.6 Å². The monoisotopic (exact) mass is 655 g/mol. The number of hydrogen-bond acceptors (Lipinski definition) is 3. The minimum absolute atomic E-state index is 0. The maximum absolute atomic E-state index is 14.6. The molecule has 5 heteroatoms. The van der Waals surface area contributed by atoms with Crippen LogP contribution in [0.1, 0.15) is 67.9 Å². The number of halogens is 1. The molecule has 3 rings (SSSR count). The second kappa shape index (κ2) is 11.6. The molecular weight excluding hydrogens is 618 g/mol. The summed E-state index contributed by atoms with van der Waals surface area (Å²) < 4.78 is 14.6. The van der Waals surface area contributed by atoms with Gasteiger partial charge in [-0.05, 0) is 5.41 Å². The van der Waals surface area contributed by atoms with Crippen molar-refractivity contribution in [2.45, 2.75) is 67.7 Å². The van der Waals surface area contributed by atoms with Crippen LogP contribution in [0, 0.1) is 22.7 Å². The van der Waals surface area contributed by atoms with Gasteiger partial charge in [-0.2, -0.15) is 0 Å². The van der Waals surface area contributed by atoms with Crippen molar-refractivity contribution in [2.75, 3.05) is 0 Å². The molecule has 1 radical (unpaired) electrons. The van der Waals surface area contributed by atoms with Gasteiger partial charge in [0.25, 0.3) is 0 Å². The van der Waals surface area contributed by atoms with E-state index in [1.165, 1.54) is 11.6 Å². The van der Waals surface area contributed by atoms with Gasteiger partial charge >= 0.3 is 0 Å². The quantitative estimate of drug-likeness (QED) is 0.172. The van der Waals surface area contributed by atoms with Crippen molar-refractivity contribution in [2.24, 2.45) is 10.8 Å². The summed E-state index contributed by atoms with van der Waals surface area (Å²) in [6.45, 7) is 17.5. The summed E-state index contributed by atoms with van der Waals surface area (Å²) in [7, 11) is 0. The average molecular weight is 655 g/mol.